The van der Waals surface area contributed by atoms with Gasteiger partial charge in [0.05, 0.1) is 22.9 Å². The summed E-state index contributed by atoms with van der Waals surface area (Å²) < 4.78 is 7.91. The molecule has 2 aliphatic heterocycles. The molecule has 1 N–H and O–H groups in total. The summed E-state index contributed by atoms with van der Waals surface area (Å²) in [5, 5.41) is 7.90. The fourth-order valence-electron chi connectivity index (χ4n) is 3.98. The van der Waals surface area contributed by atoms with Crippen molar-refractivity contribution in [3.05, 3.63) is 11.8 Å². The molecule has 2 aliphatic rings. The Bertz CT molecular complexity index is 620. The molecule has 0 aromatic carbocycles. The van der Waals surface area contributed by atoms with Gasteiger partial charge in [0.2, 0.25) is 5.91 Å². The van der Waals surface area contributed by atoms with Crippen molar-refractivity contribution >= 4 is 11.7 Å². The van der Waals surface area contributed by atoms with Gasteiger partial charge in [-0.2, -0.15) is 5.10 Å². The van der Waals surface area contributed by atoms with Crippen molar-refractivity contribution in [2.75, 3.05) is 11.4 Å². The van der Waals surface area contributed by atoms with Gasteiger partial charge in [0.25, 0.3) is 0 Å². The molecular weight excluding hydrogens is 292 g/mol. The molecule has 3 heterocycles. The fourth-order valence-corrected chi connectivity index (χ4v) is 3.98. The van der Waals surface area contributed by atoms with E-state index in [4.69, 9.17) is 4.74 Å². The number of carbonyl (C=O) groups excluding carboxylic acids is 1. The van der Waals surface area contributed by atoms with Gasteiger partial charge < -0.3 is 10.1 Å². The maximum absolute atomic E-state index is 12.8. The van der Waals surface area contributed by atoms with E-state index in [1.807, 2.05) is 24.9 Å². The lowest BCUT2D eigenvalue weighted by molar-refractivity contribution is -0.119. The molecule has 2 atom stereocenters. The predicted octanol–water partition coefficient (Wildman–Crippen LogP) is 1.77. The van der Waals surface area contributed by atoms with Crippen molar-refractivity contribution in [2.24, 2.45) is 7.05 Å². The first-order valence-electron chi connectivity index (χ1n) is 8.37. The Balaban J connectivity index is 1.72. The number of carbonyl (C=O) groups is 1. The van der Waals surface area contributed by atoms with Crippen molar-refractivity contribution in [3.63, 3.8) is 0 Å². The van der Waals surface area contributed by atoms with Crippen molar-refractivity contribution in [1.29, 1.82) is 0 Å². The molecule has 3 rings (SSSR count). The average Bonchev–Trinajstić information content (AvgIpc) is 2.96. The number of ether oxygens (including phenoxy) is 1. The molecule has 128 valence electrons. The van der Waals surface area contributed by atoms with Crippen LogP contribution in [-0.4, -0.2) is 45.5 Å². The Morgan fingerprint density at radius 2 is 2.04 bits per heavy atom. The highest BCUT2D eigenvalue weighted by molar-refractivity contribution is 5.98. The Kier molecular flexibility index (Phi) is 3.80. The van der Waals surface area contributed by atoms with Crippen molar-refractivity contribution < 1.29 is 9.53 Å². The van der Waals surface area contributed by atoms with Gasteiger partial charge in [-0.15, -0.1) is 0 Å². The first kappa shape index (κ1) is 16.5. The largest absolute Gasteiger partial charge is 0.368 e. The van der Waals surface area contributed by atoms with E-state index in [9.17, 15) is 4.79 Å². The molecule has 6 heteroatoms. The molecule has 6 nitrogen and oxygen atoms in total. The zero-order valence-corrected chi connectivity index (χ0v) is 15.0. The number of hydrogen-bond acceptors (Lipinski definition) is 4. The zero-order valence-electron chi connectivity index (χ0n) is 15.0. The van der Waals surface area contributed by atoms with E-state index in [1.54, 1.807) is 4.68 Å². The SMILES string of the molecule is Cc1cc(N2CCC(NC3CC(C)(C)OC3(C)C)C2=O)n(C)n1. The van der Waals surface area contributed by atoms with Crippen LogP contribution >= 0.6 is 0 Å². The summed E-state index contributed by atoms with van der Waals surface area (Å²) in [5.74, 6) is 1.01. The second kappa shape index (κ2) is 5.31. The van der Waals surface area contributed by atoms with Crippen LogP contribution in [0.2, 0.25) is 0 Å². The zero-order chi connectivity index (χ0) is 17.0. The van der Waals surface area contributed by atoms with E-state index >= 15 is 0 Å². The minimum absolute atomic E-state index is 0.133. The number of nitrogens with one attached hydrogen (secondary N) is 1. The average molecular weight is 320 g/mol. The number of aromatic nitrogens is 2. The summed E-state index contributed by atoms with van der Waals surface area (Å²) in [7, 11) is 1.88. The third-order valence-electron chi connectivity index (χ3n) is 4.94. The van der Waals surface area contributed by atoms with Crippen molar-refractivity contribution in [1.82, 2.24) is 15.1 Å². The van der Waals surface area contributed by atoms with Crippen LogP contribution in [0.1, 0.15) is 46.2 Å². The predicted molar refractivity (Wildman–Crippen MR) is 89.5 cm³/mol. The fraction of sp³-hybridized carbons (Fsp3) is 0.765. The number of rotatable bonds is 3. The molecule has 23 heavy (non-hydrogen) atoms. The lowest BCUT2D eigenvalue weighted by atomic mass is 9.93. The van der Waals surface area contributed by atoms with Gasteiger partial charge in [0, 0.05) is 25.7 Å². The summed E-state index contributed by atoms with van der Waals surface area (Å²) in [4.78, 5) is 14.6. The molecule has 1 amide bonds. The molecule has 0 radical (unpaired) electrons. The summed E-state index contributed by atoms with van der Waals surface area (Å²) in [5.41, 5.74) is 0.515. The quantitative estimate of drug-likeness (QED) is 0.922. The van der Waals surface area contributed by atoms with Crippen LogP contribution in [0.5, 0.6) is 0 Å². The van der Waals surface area contributed by atoms with Crippen LogP contribution in [0.4, 0.5) is 5.82 Å². The van der Waals surface area contributed by atoms with Gasteiger partial charge in [-0.05, 0) is 47.5 Å². The Labute approximate surface area is 138 Å². The third kappa shape index (κ3) is 3.02. The minimum atomic E-state index is -0.264. The minimum Gasteiger partial charge on any atom is -0.368 e. The Morgan fingerprint density at radius 3 is 2.57 bits per heavy atom. The third-order valence-corrected chi connectivity index (χ3v) is 4.94. The van der Waals surface area contributed by atoms with Gasteiger partial charge in [0.15, 0.2) is 0 Å². The maximum Gasteiger partial charge on any atom is 0.245 e. The normalized spacial score (nSPS) is 29.5. The van der Waals surface area contributed by atoms with E-state index < -0.39 is 0 Å². The molecule has 2 fully saturated rings. The maximum atomic E-state index is 12.8. The number of anilines is 1. The molecule has 1 aromatic heterocycles. The first-order valence-corrected chi connectivity index (χ1v) is 8.37. The molecular formula is C17H28N4O2. The lowest BCUT2D eigenvalue weighted by Gasteiger charge is -2.29. The molecule has 0 spiro atoms. The molecule has 0 aliphatic carbocycles. The Hall–Kier alpha value is -1.40. The van der Waals surface area contributed by atoms with Gasteiger partial charge in [-0.1, -0.05) is 0 Å². The number of nitrogens with zero attached hydrogens (tertiary/aromatic N) is 3. The summed E-state index contributed by atoms with van der Waals surface area (Å²) in [6, 6.07) is 2.00. The van der Waals surface area contributed by atoms with Gasteiger partial charge in [0.1, 0.15) is 5.82 Å². The van der Waals surface area contributed by atoms with Crippen molar-refractivity contribution in [3.8, 4) is 0 Å². The molecule has 1 aromatic rings. The van der Waals surface area contributed by atoms with E-state index in [2.05, 4.69) is 38.1 Å². The first-order chi connectivity index (χ1) is 10.6. The smallest absolute Gasteiger partial charge is 0.245 e. The topological polar surface area (TPSA) is 59.4 Å². The molecule has 0 bridgehead atoms. The molecule has 2 saturated heterocycles. The van der Waals surface area contributed by atoms with Crippen LogP contribution in [0.3, 0.4) is 0 Å². The highest BCUT2D eigenvalue weighted by Crippen LogP contribution is 2.38. The van der Waals surface area contributed by atoms with E-state index in [0.29, 0.717) is 0 Å². The van der Waals surface area contributed by atoms with Crippen LogP contribution in [0, 0.1) is 6.92 Å². The summed E-state index contributed by atoms with van der Waals surface area (Å²) in [6.45, 7) is 11.1. The van der Waals surface area contributed by atoms with E-state index in [-0.39, 0.29) is 29.2 Å². The van der Waals surface area contributed by atoms with Gasteiger partial charge >= 0.3 is 0 Å². The van der Waals surface area contributed by atoms with Crippen LogP contribution in [0.15, 0.2) is 6.07 Å². The standard InChI is InChI=1S/C17H28N4O2/c1-11-9-14(20(6)19-11)21-8-7-12(15(21)22)18-13-10-16(2,3)23-17(13,4)5/h9,12-13,18H,7-8,10H2,1-6H3. The molecule has 0 saturated carbocycles. The van der Waals surface area contributed by atoms with Crippen LogP contribution < -0.4 is 10.2 Å². The monoisotopic (exact) mass is 320 g/mol. The second-order valence-corrected chi connectivity index (χ2v) is 7.99. The Morgan fingerprint density at radius 1 is 1.35 bits per heavy atom. The number of aryl methyl sites for hydroxylation is 2. The summed E-state index contributed by atoms with van der Waals surface area (Å²) in [6.07, 6.45) is 1.73. The van der Waals surface area contributed by atoms with E-state index in [1.165, 1.54) is 0 Å². The lowest BCUT2D eigenvalue weighted by Crippen LogP contribution is -2.50. The van der Waals surface area contributed by atoms with Crippen LogP contribution in [0.25, 0.3) is 0 Å². The highest BCUT2D eigenvalue weighted by atomic mass is 16.5. The van der Waals surface area contributed by atoms with Gasteiger partial charge in [-0.25, -0.2) is 0 Å². The van der Waals surface area contributed by atoms with E-state index in [0.717, 1.165) is 30.9 Å². The number of amides is 1. The van der Waals surface area contributed by atoms with Gasteiger partial charge in [-0.3, -0.25) is 14.4 Å². The second-order valence-electron chi connectivity index (χ2n) is 7.99. The highest BCUT2D eigenvalue weighted by Gasteiger charge is 2.48. The molecule has 2 unspecified atom stereocenters. The summed E-state index contributed by atoms with van der Waals surface area (Å²) >= 11 is 0. The van der Waals surface area contributed by atoms with Crippen LogP contribution in [-0.2, 0) is 16.6 Å². The van der Waals surface area contributed by atoms with Crippen molar-refractivity contribution in [2.45, 2.75) is 70.7 Å². The number of hydrogen-bond donors (Lipinski definition) is 1.